The van der Waals surface area contributed by atoms with Crippen LogP contribution in [0, 0.1) is 6.92 Å². The maximum atomic E-state index is 12.9. The summed E-state index contributed by atoms with van der Waals surface area (Å²) in [6.07, 6.45) is 0.119. The number of hydrogen-bond acceptors (Lipinski definition) is 4. The van der Waals surface area contributed by atoms with Gasteiger partial charge in [0.05, 0.1) is 36.7 Å². The van der Waals surface area contributed by atoms with Gasteiger partial charge in [0, 0.05) is 12.1 Å². The highest BCUT2D eigenvalue weighted by Gasteiger charge is 2.34. The van der Waals surface area contributed by atoms with Gasteiger partial charge in [0.15, 0.2) is 0 Å². The lowest BCUT2D eigenvalue weighted by molar-refractivity contribution is 0.0999. The van der Waals surface area contributed by atoms with Gasteiger partial charge >= 0.3 is 6.03 Å². The van der Waals surface area contributed by atoms with Crippen molar-refractivity contribution in [2.75, 3.05) is 25.1 Å². The Bertz CT molecular complexity index is 760. The molecule has 1 aromatic heterocycles. The fourth-order valence-corrected chi connectivity index (χ4v) is 3.31. The number of aliphatic hydroxyl groups excluding tert-OH is 1. The number of aromatic nitrogens is 2. The third kappa shape index (κ3) is 3.45. The minimum Gasteiger partial charge on any atom is -0.388 e. The van der Waals surface area contributed by atoms with Crippen LogP contribution in [-0.4, -0.2) is 57.7 Å². The maximum absolute atomic E-state index is 12.9. The molecule has 26 heavy (non-hydrogen) atoms. The molecule has 1 fully saturated rings. The predicted molar refractivity (Wildman–Crippen MR) is 99.7 cm³/mol. The Balaban J connectivity index is 1.91. The Hall–Kier alpha value is -2.38. The largest absolute Gasteiger partial charge is 0.388 e. The Morgan fingerprint density at radius 1 is 1.35 bits per heavy atom. The van der Waals surface area contributed by atoms with Crippen molar-refractivity contribution in [3.63, 3.8) is 0 Å². The van der Waals surface area contributed by atoms with Crippen LogP contribution in [0.3, 0.4) is 0 Å². The molecular weight excluding hydrogens is 332 g/mol. The summed E-state index contributed by atoms with van der Waals surface area (Å²) in [5.41, 5.74) is 2.78. The lowest BCUT2D eigenvalue weighted by atomic mass is 10.2. The number of urea groups is 1. The van der Waals surface area contributed by atoms with Crippen LogP contribution in [0.15, 0.2) is 30.3 Å². The van der Waals surface area contributed by atoms with Gasteiger partial charge in [-0.05, 0) is 32.4 Å². The van der Waals surface area contributed by atoms with E-state index in [4.69, 9.17) is 4.74 Å². The van der Waals surface area contributed by atoms with Gasteiger partial charge in [-0.25, -0.2) is 9.48 Å². The number of amides is 2. The van der Waals surface area contributed by atoms with Crippen LogP contribution in [-0.2, 0) is 11.2 Å². The van der Waals surface area contributed by atoms with Gasteiger partial charge in [0.2, 0.25) is 0 Å². The normalized spacial score (nSPS) is 19.5. The molecule has 0 aliphatic carbocycles. The van der Waals surface area contributed by atoms with Gasteiger partial charge in [-0.15, -0.1) is 0 Å². The Morgan fingerprint density at radius 2 is 2.08 bits per heavy atom. The third-order valence-corrected chi connectivity index (χ3v) is 4.80. The Kier molecular flexibility index (Phi) is 5.58. The van der Waals surface area contributed by atoms with Crippen LogP contribution in [0.25, 0.3) is 5.69 Å². The standard InChI is InChI=1S/C19H26N4O3/c1-4-15-13(3)18(23(21-15)14-9-7-6-8-10-14)20-19(25)22(5-2)16-11-26-12-17(16)24/h6-10,16-17,24H,4-5,11-12H2,1-3H3,(H,20,25)/t16-,17-/m1/s1. The first kappa shape index (κ1) is 18.4. The Morgan fingerprint density at radius 3 is 2.65 bits per heavy atom. The van der Waals surface area contributed by atoms with Gasteiger partial charge in [0.1, 0.15) is 5.82 Å². The number of para-hydroxylation sites is 1. The first-order chi connectivity index (χ1) is 12.6. The molecule has 2 N–H and O–H groups in total. The summed E-state index contributed by atoms with van der Waals surface area (Å²) in [6.45, 7) is 6.99. The molecule has 7 nitrogen and oxygen atoms in total. The van der Waals surface area contributed by atoms with E-state index in [2.05, 4.69) is 10.4 Å². The first-order valence-corrected chi connectivity index (χ1v) is 9.04. The summed E-state index contributed by atoms with van der Waals surface area (Å²) in [5, 5.41) is 17.7. The van der Waals surface area contributed by atoms with Crippen LogP contribution in [0.1, 0.15) is 25.1 Å². The van der Waals surface area contributed by atoms with Gasteiger partial charge in [-0.3, -0.25) is 5.32 Å². The minimum absolute atomic E-state index is 0.259. The second-order valence-corrected chi connectivity index (χ2v) is 6.41. The monoisotopic (exact) mass is 358 g/mol. The van der Waals surface area contributed by atoms with E-state index in [0.29, 0.717) is 19.0 Å². The molecule has 0 saturated carbocycles. The molecule has 7 heteroatoms. The fourth-order valence-electron chi connectivity index (χ4n) is 3.31. The van der Waals surface area contributed by atoms with E-state index < -0.39 is 6.10 Å². The second kappa shape index (κ2) is 7.88. The number of aliphatic hydroxyl groups is 1. The number of ether oxygens (including phenoxy) is 1. The highest BCUT2D eigenvalue weighted by Crippen LogP contribution is 2.24. The number of nitrogens with zero attached hydrogens (tertiary/aromatic N) is 3. The number of carbonyl (C=O) groups excluding carboxylic acids is 1. The second-order valence-electron chi connectivity index (χ2n) is 6.41. The number of carbonyl (C=O) groups is 1. The zero-order valence-electron chi connectivity index (χ0n) is 15.5. The van der Waals surface area contributed by atoms with Crippen LogP contribution < -0.4 is 5.32 Å². The predicted octanol–water partition coefficient (Wildman–Crippen LogP) is 2.36. The number of anilines is 1. The van der Waals surface area contributed by atoms with Crippen LogP contribution in [0.5, 0.6) is 0 Å². The molecule has 1 saturated heterocycles. The summed E-state index contributed by atoms with van der Waals surface area (Å²) >= 11 is 0. The minimum atomic E-state index is -0.660. The van der Waals surface area contributed by atoms with Gasteiger partial charge in [0.25, 0.3) is 0 Å². The topological polar surface area (TPSA) is 79.6 Å². The van der Waals surface area contributed by atoms with E-state index in [1.54, 1.807) is 9.58 Å². The van der Waals surface area contributed by atoms with Gasteiger partial charge in [-0.1, -0.05) is 25.1 Å². The molecule has 2 heterocycles. The van der Waals surface area contributed by atoms with E-state index in [1.165, 1.54) is 0 Å². The smallest absolute Gasteiger partial charge is 0.323 e. The van der Waals surface area contributed by atoms with Crippen molar-refractivity contribution in [3.05, 3.63) is 41.6 Å². The van der Waals surface area contributed by atoms with Crippen molar-refractivity contribution >= 4 is 11.8 Å². The number of nitrogens with one attached hydrogen (secondary N) is 1. The number of likely N-dealkylation sites (N-methyl/N-ethyl adjacent to an activating group) is 1. The third-order valence-electron chi connectivity index (χ3n) is 4.80. The number of aryl methyl sites for hydroxylation is 1. The highest BCUT2D eigenvalue weighted by atomic mass is 16.5. The Labute approximate surface area is 153 Å². The molecule has 0 unspecified atom stereocenters. The van der Waals surface area contributed by atoms with E-state index in [-0.39, 0.29) is 18.7 Å². The van der Waals surface area contributed by atoms with Gasteiger partial charge < -0.3 is 14.7 Å². The average molecular weight is 358 g/mol. The molecular formula is C19H26N4O3. The van der Waals surface area contributed by atoms with Crippen molar-refractivity contribution in [2.45, 2.75) is 39.3 Å². The molecule has 0 radical (unpaired) electrons. The first-order valence-electron chi connectivity index (χ1n) is 9.04. The fraction of sp³-hybridized carbons (Fsp3) is 0.474. The molecule has 3 rings (SSSR count). The molecule has 2 amide bonds. The van der Waals surface area contributed by atoms with Crippen molar-refractivity contribution in [1.29, 1.82) is 0 Å². The molecule has 2 atom stereocenters. The van der Waals surface area contributed by atoms with Gasteiger partial charge in [-0.2, -0.15) is 5.10 Å². The van der Waals surface area contributed by atoms with Crippen molar-refractivity contribution in [1.82, 2.24) is 14.7 Å². The summed E-state index contributed by atoms with van der Waals surface area (Å²) < 4.78 is 7.07. The average Bonchev–Trinajstić information content (AvgIpc) is 3.21. The van der Waals surface area contributed by atoms with E-state index in [1.807, 2.05) is 51.1 Å². The van der Waals surface area contributed by atoms with Crippen molar-refractivity contribution < 1.29 is 14.6 Å². The summed E-state index contributed by atoms with van der Waals surface area (Å²) in [5.74, 6) is 0.657. The number of hydrogen-bond donors (Lipinski definition) is 2. The lowest BCUT2D eigenvalue weighted by Gasteiger charge is -2.29. The SMILES string of the molecule is CCc1nn(-c2ccccc2)c(NC(=O)N(CC)[C@@H]2COC[C@H]2O)c1C. The van der Waals surface area contributed by atoms with Crippen molar-refractivity contribution in [2.24, 2.45) is 0 Å². The molecule has 1 aromatic carbocycles. The van der Waals surface area contributed by atoms with Crippen LogP contribution in [0.4, 0.5) is 10.6 Å². The highest BCUT2D eigenvalue weighted by molar-refractivity contribution is 5.90. The summed E-state index contributed by atoms with van der Waals surface area (Å²) in [4.78, 5) is 14.5. The number of rotatable bonds is 5. The summed E-state index contributed by atoms with van der Waals surface area (Å²) in [7, 11) is 0. The molecule has 140 valence electrons. The number of benzene rings is 1. The maximum Gasteiger partial charge on any atom is 0.323 e. The quantitative estimate of drug-likeness (QED) is 0.860. The van der Waals surface area contributed by atoms with Crippen molar-refractivity contribution in [3.8, 4) is 5.69 Å². The summed E-state index contributed by atoms with van der Waals surface area (Å²) in [6, 6.07) is 9.13. The van der Waals surface area contributed by atoms with E-state index in [9.17, 15) is 9.90 Å². The molecule has 0 spiro atoms. The molecule has 2 aromatic rings. The molecule has 0 bridgehead atoms. The molecule has 1 aliphatic rings. The zero-order valence-corrected chi connectivity index (χ0v) is 15.5. The zero-order chi connectivity index (χ0) is 18.7. The van der Waals surface area contributed by atoms with Crippen LogP contribution >= 0.6 is 0 Å². The van der Waals surface area contributed by atoms with Crippen LogP contribution in [0.2, 0.25) is 0 Å². The van der Waals surface area contributed by atoms with E-state index >= 15 is 0 Å². The molecule has 1 aliphatic heterocycles. The lowest BCUT2D eigenvalue weighted by Crippen LogP contribution is -2.48. The van der Waals surface area contributed by atoms with E-state index in [0.717, 1.165) is 23.4 Å².